The van der Waals surface area contributed by atoms with E-state index in [0.717, 1.165) is 0 Å². The fraction of sp³-hybridized carbons (Fsp3) is 0.600. The maximum absolute atomic E-state index is 11.2. The van der Waals surface area contributed by atoms with Crippen molar-refractivity contribution in [2.75, 3.05) is 12.0 Å². The summed E-state index contributed by atoms with van der Waals surface area (Å²) in [6.45, 7) is 0. The van der Waals surface area contributed by atoms with Crippen LogP contribution in [-0.4, -0.2) is 35.0 Å². The van der Waals surface area contributed by atoms with Crippen LogP contribution in [0.15, 0.2) is 0 Å². The molecule has 0 aliphatic rings. The predicted molar refractivity (Wildman–Crippen MR) is 60.6 cm³/mol. The second kappa shape index (κ2) is 8.18. The maximum Gasteiger partial charge on any atom is 0.326 e. The van der Waals surface area contributed by atoms with Crippen molar-refractivity contribution in [1.82, 2.24) is 5.32 Å². The average molecular weight is 229 g/mol. The molecule has 0 fully saturated rings. The third-order valence-electron chi connectivity index (χ3n) is 1.74. The molecule has 0 aromatic carbocycles. The van der Waals surface area contributed by atoms with Crippen LogP contribution in [0.4, 0.5) is 0 Å². The van der Waals surface area contributed by atoms with Gasteiger partial charge in [0, 0.05) is 12.8 Å². The Morgan fingerprint density at radius 1 is 1.60 bits per heavy atom. The molecule has 4 nitrogen and oxygen atoms in total. The molecular formula is C10H15NO3S. The standard InChI is InChI=1S/C10H15NO3S/c1-3-4-5-9(12)11-8(10(13)14)6-7-15-2/h1,8H,4-7H2,2H3,(H,11,12)(H,13,14)/t8-/m1/s1. The van der Waals surface area contributed by atoms with E-state index in [9.17, 15) is 9.59 Å². The Hall–Kier alpha value is -1.15. The number of nitrogens with one attached hydrogen (secondary N) is 1. The lowest BCUT2D eigenvalue weighted by Crippen LogP contribution is -2.41. The fourth-order valence-electron chi connectivity index (χ4n) is 0.945. The lowest BCUT2D eigenvalue weighted by Gasteiger charge is -2.13. The SMILES string of the molecule is C#CCCC(=O)N[C@H](CCSC)C(=O)O. The number of carbonyl (C=O) groups is 2. The molecule has 0 unspecified atom stereocenters. The number of thioether (sulfide) groups is 1. The van der Waals surface area contributed by atoms with Gasteiger partial charge in [0.2, 0.25) is 5.91 Å². The molecule has 1 amide bonds. The van der Waals surface area contributed by atoms with Crippen molar-refractivity contribution in [2.24, 2.45) is 0 Å². The summed E-state index contributed by atoms with van der Waals surface area (Å²) in [5, 5.41) is 11.2. The van der Waals surface area contributed by atoms with Crippen molar-refractivity contribution in [3.63, 3.8) is 0 Å². The Kier molecular flexibility index (Phi) is 7.56. The van der Waals surface area contributed by atoms with Crippen molar-refractivity contribution in [2.45, 2.75) is 25.3 Å². The molecule has 0 aliphatic heterocycles. The van der Waals surface area contributed by atoms with Gasteiger partial charge in [-0.15, -0.1) is 12.3 Å². The Morgan fingerprint density at radius 3 is 2.73 bits per heavy atom. The van der Waals surface area contributed by atoms with E-state index >= 15 is 0 Å². The first-order chi connectivity index (χ1) is 7.11. The van der Waals surface area contributed by atoms with E-state index in [2.05, 4.69) is 11.2 Å². The lowest BCUT2D eigenvalue weighted by molar-refractivity contribution is -0.141. The van der Waals surface area contributed by atoms with E-state index in [1.54, 1.807) is 11.8 Å². The second-order valence-electron chi connectivity index (χ2n) is 2.94. The molecule has 84 valence electrons. The topological polar surface area (TPSA) is 66.4 Å². The van der Waals surface area contributed by atoms with Gasteiger partial charge in [-0.3, -0.25) is 4.79 Å². The first kappa shape index (κ1) is 13.8. The Morgan fingerprint density at radius 2 is 2.27 bits per heavy atom. The zero-order chi connectivity index (χ0) is 11.7. The highest BCUT2D eigenvalue weighted by Gasteiger charge is 2.18. The van der Waals surface area contributed by atoms with Crippen LogP contribution in [0.25, 0.3) is 0 Å². The number of hydrogen-bond donors (Lipinski definition) is 2. The monoisotopic (exact) mass is 229 g/mol. The molecule has 2 N–H and O–H groups in total. The molecule has 15 heavy (non-hydrogen) atoms. The summed E-state index contributed by atoms with van der Waals surface area (Å²) in [6.07, 6.45) is 7.83. The number of carbonyl (C=O) groups excluding carboxylic acids is 1. The minimum atomic E-state index is -1.00. The molecule has 0 aliphatic carbocycles. The van der Waals surface area contributed by atoms with Crippen LogP contribution >= 0.6 is 11.8 Å². The molecule has 0 spiro atoms. The van der Waals surface area contributed by atoms with Gasteiger partial charge < -0.3 is 10.4 Å². The van der Waals surface area contributed by atoms with E-state index in [1.807, 2.05) is 6.26 Å². The summed E-state index contributed by atoms with van der Waals surface area (Å²) >= 11 is 1.55. The highest BCUT2D eigenvalue weighted by atomic mass is 32.2. The number of aliphatic carboxylic acids is 1. The highest BCUT2D eigenvalue weighted by molar-refractivity contribution is 7.98. The van der Waals surface area contributed by atoms with Gasteiger partial charge in [0.25, 0.3) is 0 Å². The van der Waals surface area contributed by atoms with Crippen LogP contribution in [-0.2, 0) is 9.59 Å². The zero-order valence-corrected chi connectivity index (χ0v) is 9.47. The quantitative estimate of drug-likeness (QED) is 0.631. The number of carboxylic acids is 1. The fourth-order valence-corrected chi connectivity index (χ4v) is 1.42. The number of hydrogen-bond acceptors (Lipinski definition) is 3. The predicted octanol–water partition coefficient (Wildman–Crippen LogP) is 0.722. The van der Waals surface area contributed by atoms with Crippen molar-refractivity contribution < 1.29 is 14.7 Å². The van der Waals surface area contributed by atoms with Gasteiger partial charge in [-0.05, 0) is 18.4 Å². The Labute approximate surface area is 93.8 Å². The van der Waals surface area contributed by atoms with Crippen molar-refractivity contribution >= 4 is 23.6 Å². The number of rotatable bonds is 7. The summed E-state index contributed by atoms with van der Waals surface area (Å²) < 4.78 is 0. The van der Waals surface area contributed by atoms with Crippen LogP contribution in [0, 0.1) is 12.3 Å². The summed E-state index contributed by atoms with van der Waals surface area (Å²) in [5.41, 5.74) is 0. The lowest BCUT2D eigenvalue weighted by atomic mass is 10.2. The third kappa shape index (κ3) is 6.86. The van der Waals surface area contributed by atoms with E-state index < -0.39 is 12.0 Å². The normalized spacial score (nSPS) is 11.5. The van der Waals surface area contributed by atoms with E-state index in [1.165, 1.54) is 0 Å². The highest BCUT2D eigenvalue weighted by Crippen LogP contribution is 2.01. The van der Waals surface area contributed by atoms with Gasteiger partial charge in [0.1, 0.15) is 6.04 Å². The first-order valence-electron chi connectivity index (χ1n) is 4.56. The molecule has 0 radical (unpaired) electrons. The molecule has 0 rings (SSSR count). The molecule has 0 bridgehead atoms. The van der Waals surface area contributed by atoms with Gasteiger partial charge in [0.05, 0.1) is 0 Å². The van der Waals surface area contributed by atoms with Crippen molar-refractivity contribution in [1.29, 1.82) is 0 Å². The van der Waals surface area contributed by atoms with Gasteiger partial charge in [-0.2, -0.15) is 11.8 Å². The van der Waals surface area contributed by atoms with Gasteiger partial charge >= 0.3 is 5.97 Å². The largest absolute Gasteiger partial charge is 0.480 e. The molecular weight excluding hydrogens is 214 g/mol. The molecule has 0 saturated heterocycles. The minimum absolute atomic E-state index is 0.180. The first-order valence-corrected chi connectivity index (χ1v) is 5.95. The summed E-state index contributed by atoms with van der Waals surface area (Å²) in [7, 11) is 0. The second-order valence-corrected chi connectivity index (χ2v) is 3.93. The number of terminal acetylenes is 1. The summed E-state index contributed by atoms with van der Waals surface area (Å²) in [6, 6.07) is -0.803. The van der Waals surface area contributed by atoms with Crippen molar-refractivity contribution in [3.05, 3.63) is 0 Å². The Bertz CT molecular complexity index is 260. The minimum Gasteiger partial charge on any atom is -0.480 e. The molecule has 0 heterocycles. The van der Waals surface area contributed by atoms with Gasteiger partial charge in [-0.1, -0.05) is 0 Å². The zero-order valence-electron chi connectivity index (χ0n) is 8.66. The molecule has 0 aromatic rings. The average Bonchev–Trinajstić information content (AvgIpc) is 2.20. The number of carboxylic acid groups (broad SMARTS) is 1. The van der Waals surface area contributed by atoms with E-state index in [0.29, 0.717) is 18.6 Å². The van der Waals surface area contributed by atoms with E-state index in [4.69, 9.17) is 11.5 Å². The van der Waals surface area contributed by atoms with Gasteiger partial charge in [-0.25, -0.2) is 4.79 Å². The number of amides is 1. The smallest absolute Gasteiger partial charge is 0.326 e. The van der Waals surface area contributed by atoms with Crippen LogP contribution in [0.3, 0.4) is 0 Å². The van der Waals surface area contributed by atoms with E-state index in [-0.39, 0.29) is 12.3 Å². The molecule has 0 saturated carbocycles. The van der Waals surface area contributed by atoms with Crippen LogP contribution < -0.4 is 5.32 Å². The van der Waals surface area contributed by atoms with Crippen molar-refractivity contribution in [3.8, 4) is 12.3 Å². The summed E-state index contributed by atoms with van der Waals surface area (Å²) in [4.78, 5) is 22.0. The Balaban J connectivity index is 3.99. The maximum atomic E-state index is 11.2. The molecule has 5 heteroatoms. The van der Waals surface area contributed by atoms with Crippen LogP contribution in [0.1, 0.15) is 19.3 Å². The third-order valence-corrected chi connectivity index (χ3v) is 2.38. The van der Waals surface area contributed by atoms with Crippen LogP contribution in [0.5, 0.6) is 0 Å². The van der Waals surface area contributed by atoms with Crippen LogP contribution in [0.2, 0.25) is 0 Å². The summed E-state index contributed by atoms with van der Waals surface area (Å²) in [5.74, 6) is 1.73. The van der Waals surface area contributed by atoms with Gasteiger partial charge in [0.15, 0.2) is 0 Å². The molecule has 0 aromatic heterocycles. The molecule has 1 atom stereocenters.